The molecule has 0 aliphatic rings. The maximum atomic E-state index is 12.0. The Kier molecular flexibility index (Phi) is 9.32. The minimum atomic E-state index is -0.240. The number of furan rings is 1. The monoisotopic (exact) mass is 360 g/mol. The van der Waals surface area contributed by atoms with E-state index in [4.69, 9.17) is 10.2 Å². The van der Waals surface area contributed by atoms with E-state index < -0.39 is 0 Å². The Bertz CT molecular complexity index is 598. The predicted molar refractivity (Wildman–Crippen MR) is 96.8 cm³/mol. The quantitative estimate of drug-likeness (QED) is 0.826. The second-order valence-corrected chi connectivity index (χ2v) is 4.54. The van der Waals surface area contributed by atoms with Crippen molar-refractivity contribution in [2.45, 2.75) is 20.4 Å². The molecular formula is C15H22Cl2N4O2. The molecule has 0 saturated carbocycles. The predicted octanol–water partition coefficient (Wildman–Crippen LogP) is 3.08. The number of aromatic nitrogens is 1. The number of hydrogen-bond donors (Lipinski definition) is 2. The molecule has 0 saturated heterocycles. The van der Waals surface area contributed by atoms with E-state index in [2.05, 4.69) is 29.0 Å². The molecule has 128 valence electrons. The van der Waals surface area contributed by atoms with Gasteiger partial charge in [0.2, 0.25) is 0 Å². The van der Waals surface area contributed by atoms with Crippen LogP contribution in [0.25, 0.3) is 0 Å². The molecule has 0 aliphatic carbocycles. The van der Waals surface area contributed by atoms with Crippen LogP contribution < -0.4 is 16.0 Å². The SMILES string of the molecule is CCN(CC)c1ccc(NC(=O)c2coc(CN)c2)cn1.Cl.Cl. The number of pyridine rings is 1. The lowest BCUT2D eigenvalue weighted by Crippen LogP contribution is -2.22. The molecule has 0 spiro atoms. The first-order valence-corrected chi connectivity index (χ1v) is 6.97. The number of hydrogen-bond acceptors (Lipinski definition) is 5. The lowest BCUT2D eigenvalue weighted by Gasteiger charge is -2.19. The molecule has 8 heteroatoms. The van der Waals surface area contributed by atoms with Crippen LogP contribution in [0.5, 0.6) is 0 Å². The van der Waals surface area contributed by atoms with E-state index in [0.717, 1.165) is 18.9 Å². The first-order chi connectivity index (χ1) is 10.2. The molecular weight excluding hydrogens is 339 g/mol. The van der Waals surface area contributed by atoms with Crippen molar-refractivity contribution in [3.8, 4) is 0 Å². The van der Waals surface area contributed by atoms with Gasteiger partial charge in [0.25, 0.3) is 5.91 Å². The van der Waals surface area contributed by atoms with Crippen LogP contribution in [0.15, 0.2) is 35.1 Å². The number of nitrogens with two attached hydrogens (primary N) is 1. The van der Waals surface area contributed by atoms with Crippen molar-refractivity contribution in [3.05, 3.63) is 42.0 Å². The zero-order valence-electron chi connectivity index (χ0n) is 13.1. The summed E-state index contributed by atoms with van der Waals surface area (Å²) in [6.45, 7) is 6.22. The molecule has 0 fully saturated rings. The summed E-state index contributed by atoms with van der Waals surface area (Å²) in [5.74, 6) is 1.23. The Hall–Kier alpha value is -1.76. The molecule has 2 rings (SSSR count). The fraction of sp³-hybridized carbons (Fsp3) is 0.333. The molecule has 0 bridgehead atoms. The van der Waals surface area contributed by atoms with Crippen LogP contribution in [0.4, 0.5) is 11.5 Å². The van der Waals surface area contributed by atoms with Crippen molar-refractivity contribution >= 4 is 42.2 Å². The van der Waals surface area contributed by atoms with Gasteiger partial charge in [-0.3, -0.25) is 4.79 Å². The van der Waals surface area contributed by atoms with Gasteiger partial charge >= 0.3 is 0 Å². The molecule has 0 radical (unpaired) electrons. The number of halogens is 2. The number of rotatable bonds is 6. The lowest BCUT2D eigenvalue weighted by molar-refractivity contribution is 0.102. The normalized spacial score (nSPS) is 9.52. The molecule has 0 aliphatic heterocycles. The van der Waals surface area contributed by atoms with E-state index in [1.54, 1.807) is 12.3 Å². The van der Waals surface area contributed by atoms with E-state index in [1.165, 1.54) is 6.26 Å². The Labute approximate surface area is 148 Å². The fourth-order valence-corrected chi connectivity index (χ4v) is 2.00. The van der Waals surface area contributed by atoms with Gasteiger partial charge in [-0.1, -0.05) is 0 Å². The summed E-state index contributed by atoms with van der Waals surface area (Å²) in [5, 5.41) is 2.78. The first-order valence-electron chi connectivity index (χ1n) is 6.97. The Morgan fingerprint density at radius 1 is 1.30 bits per heavy atom. The summed E-state index contributed by atoms with van der Waals surface area (Å²) in [6, 6.07) is 5.36. The molecule has 0 aromatic carbocycles. The molecule has 3 N–H and O–H groups in total. The van der Waals surface area contributed by atoms with Crippen molar-refractivity contribution in [1.29, 1.82) is 0 Å². The van der Waals surface area contributed by atoms with Gasteiger partial charge in [0.1, 0.15) is 17.8 Å². The largest absolute Gasteiger partial charge is 0.467 e. The highest BCUT2D eigenvalue weighted by Crippen LogP contribution is 2.15. The van der Waals surface area contributed by atoms with Crippen molar-refractivity contribution in [2.24, 2.45) is 5.73 Å². The highest BCUT2D eigenvalue weighted by molar-refractivity contribution is 6.04. The molecule has 2 aromatic heterocycles. The number of amides is 1. The average molecular weight is 361 g/mol. The molecule has 1 amide bonds. The summed E-state index contributed by atoms with van der Waals surface area (Å²) >= 11 is 0. The van der Waals surface area contributed by atoms with E-state index in [-0.39, 0.29) is 37.3 Å². The molecule has 23 heavy (non-hydrogen) atoms. The Morgan fingerprint density at radius 3 is 2.48 bits per heavy atom. The van der Waals surface area contributed by atoms with Crippen molar-refractivity contribution in [3.63, 3.8) is 0 Å². The van der Waals surface area contributed by atoms with Gasteiger partial charge in [-0.25, -0.2) is 4.98 Å². The van der Waals surface area contributed by atoms with Crippen LogP contribution >= 0.6 is 24.8 Å². The second kappa shape index (κ2) is 10.1. The van der Waals surface area contributed by atoms with Crippen LogP contribution in [0, 0.1) is 0 Å². The number of carbonyl (C=O) groups is 1. The van der Waals surface area contributed by atoms with Crippen LogP contribution in [-0.4, -0.2) is 24.0 Å². The Morgan fingerprint density at radius 2 is 2.00 bits per heavy atom. The highest BCUT2D eigenvalue weighted by Gasteiger charge is 2.10. The number of carbonyl (C=O) groups excluding carboxylic acids is 1. The van der Waals surface area contributed by atoms with E-state index in [1.807, 2.05) is 12.1 Å². The van der Waals surface area contributed by atoms with Gasteiger partial charge in [0, 0.05) is 13.1 Å². The minimum absolute atomic E-state index is 0. The van der Waals surface area contributed by atoms with Crippen molar-refractivity contribution in [1.82, 2.24) is 4.98 Å². The van der Waals surface area contributed by atoms with Gasteiger partial charge in [-0.05, 0) is 32.0 Å². The smallest absolute Gasteiger partial charge is 0.258 e. The van der Waals surface area contributed by atoms with Gasteiger partial charge < -0.3 is 20.4 Å². The van der Waals surface area contributed by atoms with Crippen LogP contribution in [0.1, 0.15) is 30.0 Å². The molecule has 6 nitrogen and oxygen atoms in total. The maximum Gasteiger partial charge on any atom is 0.258 e. The van der Waals surface area contributed by atoms with Crippen molar-refractivity contribution < 1.29 is 9.21 Å². The second-order valence-electron chi connectivity index (χ2n) is 4.54. The summed E-state index contributed by atoms with van der Waals surface area (Å²) in [6.07, 6.45) is 3.05. The number of nitrogens with zero attached hydrogens (tertiary/aromatic N) is 2. The summed E-state index contributed by atoms with van der Waals surface area (Å²) < 4.78 is 5.14. The zero-order valence-corrected chi connectivity index (χ0v) is 14.7. The highest BCUT2D eigenvalue weighted by atomic mass is 35.5. The third kappa shape index (κ3) is 5.42. The number of anilines is 2. The van der Waals surface area contributed by atoms with E-state index in [0.29, 0.717) is 17.0 Å². The molecule has 2 heterocycles. The fourth-order valence-electron chi connectivity index (χ4n) is 2.00. The maximum absolute atomic E-state index is 12.0. The van der Waals surface area contributed by atoms with Gasteiger partial charge in [0.15, 0.2) is 0 Å². The van der Waals surface area contributed by atoms with E-state index >= 15 is 0 Å². The minimum Gasteiger partial charge on any atom is -0.467 e. The van der Waals surface area contributed by atoms with Crippen LogP contribution in [0.2, 0.25) is 0 Å². The average Bonchev–Trinajstić information content (AvgIpc) is 2.99. The third-order valence-electron chi connectivity index (χ3n) is 3.21. The first kappa shape index (κ1) is 21.2. The number of nitrogens with one attached hydrogen (secondary N) is 1. The Balaban J connectivity index is 0.00000242. The summed E-state index contributed by atoms with van der Waals surface area (Å²) in [7, 11) is 0. The van der Waals surface area contributed by atoms with Gasteiger partial charge in [-0.2, -0.15) is 0 Å². The van der Waals surface area contributed by atoms with Crippen molar-refractivity contribution in [2.75, 3.05) is 23.3 Å². The third-order valence-corrected chi connectivity index (χ3v) is 3.21. The summed E-state index contributed by atoms with van der Waals surface area (Å²) in [4.78, 5) is 18.5. The summed E-state index contributed by atoms with van der Waals surface area (Å²) in [5.41, 5.74) is 6.54. The lowest BCUT2D eigenvalue weighted by atomic mass is 10.3. The topological polar surface area (TPSA) is 84.4 Å². The molecule has 0 unspecified atom stereocenters. The standard InChI is InChI=1S/C15H20N4O2.2ClH/c1-3-19(4-2)14-6-5-12(9-17-14)18-15(20)11-7-13(8-16)21-10-11;;/h5-7,9-10H,3-4,8,16H2,1-2H3,(H,18,20);2*1H. The van der Waals surface area contributed by atoms with E-state index in [9.17, 15) is 4.79 Å². The molecule has 2 aromatic rings. The van der Waals surface area contributed by atoms with Crippen LogP contribution in [-0.2, 0) is 6.54 Å². The van der Waals surface area contributed by atoms with Crippen LogP contribution in [0.3, 0.4) is 0 Å². The molecule has 0 atom stereocenters. The zero-order chi connectivity index (χ0) is 15.2. The van der Waals surface area contributed by atoms with Gasteiger partial charge in [-0.15, -0.1) is 24.8 Å². The van der Waals surface area contributed by atoms with Gasteiger partial charge in [0.05, 0.1) is 24.0 Å².